The summed E-state index contributed by atoms with van der Waals surface area (Å²) in [6.07, 6.45) is 1.77. The average Bonchev–Trinajstić information content (AvgIpc) is 2.60. The first-order valence-electron chi connectivity index (χ1n) is 7.95. The molecule has 24 heavy (non-hydrogen) atoms. The number of esters is 1. The number of nitrogens with zero attached hydrogens (tertiary/aromatic N) is 1. The van der Waals surface area contributed by atoms with Gasteiger partial charge in [0.2, 0.25) is 0 Å². The summed E-state index contributed by atoms with van der Waals surface area (Å²) in [6, 6.07) is 6.29. The van der Waals surface area contributed by atoms with Gasteiger partial charge in [0.25, 0.3) is 0 Å². The van der Waals surface area contributed by atoms with Crippen LogP contribution in [0.3, 0.4) is 0 Å². The fourth-order valence-corrected chi connectivity index (χ4v) is 2.76. The van der Waals surface area contributed by atoms with E-state index in [1.807, 2.05) is 14.1 Å². The molecule has 2 rings (SSSR count). The van der Waals surface area contributed by atoms with E-state index in [0.717, 1.165) is 12.8 Å². The maximum Gasteiger partial charge on any atom is 0.337 e. The van der Waals surface area contributed by atoms with E-state index in [1.54, 1.807) is 24.3 Å². The molecule has 1 heterocycles. The zero-order chi connectivity index (χ0) is 17.6. The monoisotopic (exact) mass is 335 g/mol. The van der Waals surface area contributed by atoms with Gasteiger partial charge in [-0.15, -0.1) is 0 Å². The van der Waals surface area contributed by atoms with Crippen molar-refractivity contribution in [2.45, 2.75) is 18.4 Å². The molecule has 2 amide bonds. The van der Waals surface area contributed by atoms with Gasteiger partial charge in [-0.1, -0.05) is 0 Å². The van der Waals surface area contributed by atoms with E-state index in [9.17, 15) is 9.59 Å². The van der Waals surface area contributed by atoms with Crippen LogP contribution in [-0.2, 0) is 9.47 Å². The Morgan fingerprint density at radius 1 is 1.21 bits per heavy atom. The number of carbonyl (C=O) groups excluding carboxylic acids is 2. The Bertz CT molecular complexity index is 566. The third-order valence-corrected chi connectivity index (χ3v) is 4.51. The zero-order valence-corrected chi connectivity index (χ0v) is 14.4. The Morgan fingerprint density at radius 2 is 1.83 bits per heavy atom. The maximum absolute atomic E-state index is 12.1. The molecule has 0 saturated carbocycles. The van der Waals surface area contributed by atoms with Gasteiger partial charge in [0, 0.05) is 31.0 Å². The summed E-state index contributed by atoms with van der Waals surface area (Å²) >= 11 is 0. The largest absolute Gasteiger partial charge is 0.465 e. The molecule has 1 aliphatic rings. The molecule has 7 nitrogen and oxygen atoms in total. The van der Waals surface area contributed by atoms with E-state index in [-0.39, 0.29) is 11.6 Å². The van der Waals surface area contributed by atoms with Crippen LogP contribution in [0.1, 0.15) is 23.2 Å². The Kier molecular flexibility index (Phi) is 6.16. The molecule has 1 aromatic carbocycles. The summed E-state index contributed by atoms with van der Waals surface area (Å²) in [5.41, 5.74) is 0.980. The average molecular weight is 335 g/mol. The molecule has 0 spiro atoms. The number of ether oxygens (including phenoxy) is 2. The molecule has 7 heteroatoms. The highest BCUT2D eigenvalue weighted by molar-refractivity contribution is 5.92. The summed E-state index contributed by atoms with van der Waals surface area (Å²) in [5, 5.41) is 5.70. The van der Waals surface area contributed by atoms with Crippen molar-refractivity contribution in [2.24, 2.45) is 0 Å². The number of amides is 2. The number of benzene rings is 1. The first kappa shape index (κ1) is 18.2. The van der Waals surface area contributed by atoms with E-state index in [0.29, 0.717) is 31.0 Å². The quantitative estimate of drug-likeness (QED) is 0.801. The SMILES string of the molecule is COC(=O)c1ccc(NC(=O)NCC2(N(C)C)CCOCC2)cc1. The third kappa shape index (κ3) is 4.46. The number of hydrogen-bond acceptors (Lipinski definition) is 5. The molecule has 0 atom stereocenters. The van der Waals surface area contributed by atoms with E-state index in [4.69, 9.17) is 4.74 Å². The van der Waals surface area contributed by atoms with Crippen molar-refractivity contribution in [1.29, 1.82) is 0 Å². The number of urea groups is 1. The minimum atomic E-state index is -0.404. The van der Waals surface area contributed by atoms with Crippen molar-refractivity contribution in [3.63, 3.8) is 0 Å². The van der Waals surface area contributed by atoms with E-state index in [1.165, 1.54) is 7.11 Å². The summed E-state index contributed by atoms with van der Waals surface area (Å²) in [4.78, 5) is 25.7. The lowest BCUT2D eigenvalue weighted by Crippen LogP contribution is -2.56. The number of hydrogen-bond donors (Lipinski definition) is 2. The normalized spacial score (nSPS) is 16.5. The highest BCUT2D eigenvalue weighted by Gasteiger charge is 2.35. The van der Waals surface area contributed by atoms with Crippen molar-refractivity contribution in [3.8, 4) is 0 Å². The molecule has 1 saturated heterocycles. The van der Waals surface area contributed by atoms with Crippen molar-refractivity contribution in [3.05, 3.63) is 29.8 Å². The number of anilines is 1. The summed E-state index contributed by atoms with van der Waals surface area (Å²) in [7, 11) is 5.38. The van der Waals surface area contributed by atoms with Gasteiger partial charge in [0.1, 0.15) is 0 Å². The van der Waals surface area contributed by atoms with Gasteiger partial charge >= 0.3 is 12.0 Å². The van der Waals surface area contributed by atoms with Crippen LogP contribution < -0.4 is 10.6 Å². The van der Waals surface area contributed by atoms with E-state index < -0.39 is 5.97 Å². The molecule has 1 aliphatic heterocycles. The van der Waals surface area contributed by atoms with Crippen LogP contribution in [0.25, 0.3) is 0 Å². The number of rotatable bonds is 5. The second-order valence-corrected chi connectivity index (χ2v) is 6.11. The topological polar surface area (TPSA) is 79.9 Å². The molecular weight excluding hydrogens is 310 g/mol. The fourth-order valence-electron chi connectivity index (χ4n) is 2.76. The van der Waals surface area contributed by atoms with Gasteiger partial charge < -0.3 is 25.0 Å². The zero-order valence-electron chi connectivity index (χ0n) is 14.4. The standard InChI is InChI=1S/C17H25N3O4/c1-20(2)17(8-10-24-11-9-17)12-18-16(22)19-14-6-4-13(5-7-14)15(21)23-3/h4-7H,8-12H2,1-3H3,(H2,18,19,22). The Labute approximate surface area is 142 Å². The highest BCUT2D eigenvalue weighted by Crippen LogP contribution is 2.25. The Balaban J connectivity index is 1.89. The van der Waals surface area contributed by atoms with E-state index >= 15 is 0 Å². The second-order valence-electron chi connectivity index (χ2n) is 6.11. The molecule has 1 aromatic rings. The predicted octanol–water partition coefficient (Wildman–Crippen LogP) is 1.71. The van der Waals surface area contributed by atoms with Gasteiger partial charge in [0.05, 0.1) is 12.7 Å². The van der Waals surface area contributed by atoms with Crippen LogP contribution in [0.4, 0.5) is 10.5 Å². The fraction of sp³-hybridized carbons (Fsp3) is 0.529. The van der Waals surface area contributed by atoms with Crippen molar-refractivity contribution in [2.75, 3.05) is 46.3 Å². The lowest BCUT2D eigenvalue weighted by Gasteiger charge is -2.42. The Morgan fingerprint density at radius 3 is 2.38 bits per heavy atom. The van der Waals surface area contributed by atoms with Crippen LogP contribution >= 0.6 is 0 Å². The number of nitrogens with one attached hydrogen (secondary N) is 2. The minimum absolute atomic E-state index is 0.0790. The molecule has 1 fully saturated rings. The molecule has 132 valence electrons. The highest BCUT2D eigenvalue weighted by atomic mass is 16.5. The minimum Gasteiger partial charge on any atom is -0.465 e. The van der Waals surface area contributed by atoms with Crippen molar-refractivity contribution in [1.82, 2.24) is 10.2 Å². The van der Waals surface area contributed by atoms with Gasteiger partial charge in [-0.05, 0) is 51.2 Å². The van der Waals surface area contributed by atoms with Crippen molar-refractivity contribution < 1.29 is 19.1 Å². The van der Waals surface area contributed by atoms with Gasteiger partial charge in [-0.3, -0.25) is 0 Å². The second kappa shape index (κ2) is 8.12. The lowest BCUT2D eigenvalue weighted by molar-refractivity contribution is -0.00553. The molecule has 0 bridgehead atoms. The van der Waals surface area contributed by atoms with Gasteiger partial charge in [-0.25, -0.2) is 9.59 Å². The van der Waals surface area contributed by atoms with E-state index in [2.05, 4.69) is 20.3 Å². The molecule has 0 aromatic heterocycles. The van der Waals surface area contributed by atoms with Crippen molar-refractivity contribution >= 4 is 17.7 Å². The lowest BCUT2D eigenvalue weighted by atomic mass is 9.88. The molecular formula is C17H25N3O4. The number of methoxy groups -OCH3 is 1. The summed E-state index contributed by atoms with van der Waals surface area (Å²) in [5.74, 6) is -0.404. The molecule has 2 N–H and O–H groups in total. The maximum atomic E-state index is 12.1. The van der Waals surface area contributed by atoms with Gasteiger partial charge in [0.15, 0.2) is 0 Å². The first-order chi connectivity index (χ1) is 11.5. The van der Waals surface area contributed by atoms with Crippen LogP contribution in [0.5, 0.6) is 0 Å². The third-order valence-electron chi connectivity index (χ3n) is 4.51. The first-order valence-corrected chi connectivity index (χ1v) is 7.95. The Hall–Kier alpha value is -2.12. The summed E-state index contributed by atoms with van der Waals surface area (Å²) < 4.78 is 10.1. The molecule has 0 aliphatic carbocycles. The van der Waals surface area contributed by atoms with Crippen LogP contribution in [-0.4, -0.2) is 63.4 Å². The van der Waals surface area contributed by atoms with Gasteiger partial charge in [-0.2, -0.15) is 0 Å². The number of carbonyl (C=O) groups is 2. The van der Waals surface area contributed by atoms with Crippen LogP contribution in [0, 0.1) is 0 Å². The van der Waals surface area contributed by atoms with Crippen LogP contribution in [0.15, 0.2) is 24.3 Å². The predicted molar refractivity (Wildman–Crippen MR) is 91.3 cm³/mol. The number of likely N-dealkylation sites (N-methyl/N-ethyl adjacent to an activating group) is 1. The summed E-state index contributed by atoms with van der Waals surface area (Å²) in [6.45, 7) is 1.96. The van der Waals surface area contributed by atoms with Crippen LogP contribution in [0.2, 0.25) is 0 Å². The molecule has 0 unspecified atom stereocenters. The smallest absolute Gasteiger partial charge is 0.337 e. The molecule has 0 radical (unpaired) electrons.